The van der Waals surface area contributed by atoms with Gasteiger partial charge in [-0.1, -0.05) is 33.6 Å². The van der Waals surface area contributed by atoms with Crippen molar-refractivity contribution in [2.45, 2.75) is 58.9 Å². The summed E-state index contributed by atoms with van der Waals surface area (Å²) in [5.41, 5.74) is 5.16. The van der Waals surface area contributed by atoms with E-state index in [1.54, 1.807) is 0 Å². The van der Waals surface area contributed by atoms with Crippen LogP contribution in [-0.2, 0) is 0 Å². The second-order valence-corrected chi connectivity index (χ2v) is 5.21. The van der Waals surface area contributed by atoms with Gasteiger partial charge in [0.1, 0.15) is 5.54 Å². The molecule has 17 heavy (non-hydrogen) atoms. The lowest BCUT2D eigenvalue weighted by molar-refractivity contribution is 0.226. The van der Waals surface area contributed by atoms with E-state index in [9.17, 15) is 0 Å². The first-order valence-electron chi connectivity index (χ1n) is 6.91. The smallest absolute Gasteiger partial charge is 0.101 e. The maximum absolute atomic E-state index is 8.85. The van der Waals surface area contributed by atoms with Crippen molar-refractivity contribution < 1.29 is 0 Å². The van der Waals surface area contributed by atoms with Gasteiger partial charge in [0, 0.05) is 6.54 Å². The number of rotatable bonds is 9. The van der Waals surface area contributed by atoms with Gasteiger partial charge in [0.15, 0.2) is 0 Å². The fourth-order valence-corrected chi connectivity index (χ4v) is 2.02. The minimum Gasteiger partial charge on any atom is -0.314 e. The van der Waals surface area contributed by atoms with Gasteiger partial charge < -0.3 is 10.6 Å². The molecule has 100 valence electrons. The molecule has 0 saturated carbocycles. The van der Waals surface area contributed by atoms with E-state index >= 15 is 0 Å². The van der Waals surface area contributed by atoms with Crippen molar-refractivity contribution in [3.63, 3.8) is 0 Å². The van der Waals surface area contributed by atoms with Crippen molar-refractivity contribution in [2.75, 3.05) is 19.6 Å². The molecular weight excluding hydrogens is 210 g/mol. The van der Waals surface area contributed by atoms with Crippen LogP contribution in [0.5, 0.6) is 0 Å². The van der Waals surface area contributed by atoms with Crippen LogP contribution < -0.4 is 5.73 Å². The molecule has 0 rings (SSSR count). The molecular formula is C14H29N3. The molecule has 0 amide bonds. The normalized spacial score (nSPS) is 14.9. The Bertz CT molecular complexity index is 226. The number of hydrogen-bond acceptors (Lipinski definition) is 3. The Morgan fingerprint density at radius 3 is 2.29 bits per heavy atom. The summed E-state index contributed by atoms with van der Waals surface area (Å²) in [5.74, 6) is 0.801. The van der Waals surface area contributed by atoms with E-state index in [0.29, 0.717) is 0 Å². The number of nitriles is 1. The van der Waals surface area contributed by atoms with Crippen LogP contribution in [-0.4, -0.2) is 30.1 Å². The van der Waals surface area contributed by atoms with E-state index in [0.717, 1.165) is 31.8 Å². The molecule has 1 atom stereocenters. The summed E-state index contributed by atoms with van der Waals surface area (Å²) in [6.45, 7) is 11.9. The Labute approximate surface area is 107 Å². The van der Waals surface area contributed by atoms with Crippen LogP contribution in [0.2, 0.25) is 0 Å². The molecule has 0 radical (unpaired) electrons. The topological polar surface area (TPSA) is 53.0 Å². The fraction of sp³-hybridized carbons (Fsp3) is 0.929. The van der Waals surface area contributed by atoms with Crippen LogP contribution in [0.4, 0.5) is 0 Å². The summed E-state index contributed by atoms with van der Waals surface area (Å²) in [6.07, 6.45) is 4.29. The second kappa shape index (κ2) is 8.49. The highest BCUT2D eigenvalue weighted by Crippen LogP contribution is 2.12. The minimum absolute atomic E-state index is 0.658. The molecule has 0 heterocycles. The maximum atomic E-state index is 8.85. The molecule has 3 heteroatoms. The van der Waals surface area contributed by atoms with Crippen LogP contribution >= 0.6 is 0 Å². The molecule has 0 spiro atoms. The number of hydrogen-bond donors (Lipinski definition) is 1. The predicted octanol–water partition coefficient (Wildman–Crippen LogP) is 2.77. The number of nitrogens with two attached hydrogens (primary N) is 1. The van der Waals surface area contributed by atoms with Gasteiger partial charge >= 0.3 is 0 Å². The van der Waals surface area contributed by atoms with E-state index in [4.69, 9.17) is 11.0 Å². The third-order valence-corrected chi connectivity index (χ3v) is 3.54. The number of nitrogens with zero attached hydrogens (tertiary/aromatic N) is 2. The van der Waals surface area contributed by atoms with Crippen molar-refractivity contribution in [3.8, 4) is 6.07 Å². The van der Waals surface area contributed by atoms with Crippen LogP contribution in [0.15, 0.2) is 0 Å². The van der Waals surface area contributed by atoms with Gasteiger partial charge in [0.25, 0.3) is 0 Å². The molecule has 1 unspecified atom stereocenters. The highest BCUT2D eigenvalue weighted by atomic mass is 15.1. The fourth-order valence-electron chi connectivity index (χ4n) is 2.02. The summed E-state index contributed by atoms with van der Waals surface area (Å²) >= 11 is 0. The van der Waals surface area contributed by atoms with Crippen molar-refractivity contribution in [1.29, 1.82) is 5.26 Å². The SMILES string of the molecule is CCC(CC)CN(CC)CCCC(C)(N)C#N. The van der Waals surface area contributed by atoms with Gasteiger partial charge in [-0.3, -0.25) is 0 Å². The molecule has 0 fully saturated rings. The van der Waals surface area contributed by atoms with Gasteiger partial charge in [-0.15, -0.1) is 0 Å². The summed E-state index contributed by atoms with van der Waals surface area (Å²) in [4.78, 5) is 2.48. The molecule has 0 bridgehead atoms. The third-order valence-electron chi connectivity index (χ3n) is 3.54. The summed E-state index contributed by atoms with van der Waals surface area (Å²) in [6, 6.07) is 2.16. The van der Waals surface area contributed by atoms with Crippen LogP contribution in [0, 0.1) is 17.2 Å². The molecule has 2 N–H and O–H groups in total. The van der Waals surface area contributed by atoms with Crippen molar-refractivity contribution in [2.24, 2.45) is 11.7 Å². The first-order chi connectivity index (χ1) is 7.99. The zero-order chi connectivity index (χ0) is 13.3. The Kier molecular flexibility index (Phi) is 8.20. The standard InChI is InChI=1S/C14H29N3/c1-5-13(6-2)11-17(7-3)10-8-9-14(4,16)12-15/h13H,5-11,16H2,1-4H3. The van der Waals surface area contributed by atoms with Crippen molar-refractivity contribution in [3.05, 3.63) is 0 Å². The molecule has 0 aromatic carbocycles. The highest BCUT2D eigenvalue weighted by Gasteiger charge is 2.17. The average molecular weight is 239 g/mol. The van der Waals surface area contributed by atoms with Gasteiger partial charge in [-0.25, -0.2) is 0 Å². The zero-order valence-corrected chi connectivity index (χ0v) is 12.0. The van der Waals surface area contributed by atoms with Crippen LogP contribution in [0.3, 0.4) is 0 Å². The largest absolute Gasteiger partial charge is 0.314 e. The highest BCUT2D eigenvalue weighted by molar-refractivity contribution is 5.00. The van der Waals surface area contributed by atoms with Gasteiger partial charge in [-0.2, -0.15) is 5.26 Å². The molecule has 0 saturated heterocycles. The lowest BCUT2D eigenvalue weighted by atomic mass is 9.98. The Morgan fingerprint density at radius 2 is 1.88 bits per heavy atom. The van der Waals surface area contributed by atoms with Crippen molar-refractivity contribution in [1.82, 2.24) is 4.90 Å². The second-order valence-electron chi connectivity index (χ2n) is 5.21. The Hall–Kier alpha value is -0.590. The first kappa shape index (κ1) is 16.4. The lowest BCUT2D eigenvalue weighted by Gasteiger charge is -2.26. The summed E-state index contributed by atoms with van der Waals surface area (Å²) in [5, 5.41) is 8.85. The summed E-state index contributed by atoms with van der Waals surface area (Å²) < 4.78 is 0. The van der Waals surface area contributed by atoms with E-state index in [2.05, 4.69) is 31.7 Å². The predicted molar refractivity (Wildman–Crippen MR) is 73.6 cm³/mol. The van der Waals surface area contributed by atoms with Gasteiger partial charge in [0.05, 0.1) is 6.07 Å². The Morgan fingerprint density at radius 1 is 1.29 bits per heavy atom. The molecule has 0 aromatic heterocycles. The molecule has 0 aliphatic heterocycles. The molecule has 0 aromatic rings. The minimum atomic E-state index is -0.658. The van der Waals surface area contributed by atoms with E-state index in [1.807, 2.05) is 6.92 Å². The van der Waals surface area contributed by atoms with Crippen LogP contribution in [0.25, 0.3) is 0 Å². The molecule has 3 nitrogen and oxygen atoms in total. The van der Waals surface area contributed by atoms with Crippen LogP contribution in [0.1, 0.15) is 53.4 Å². The third kappa shape index (κ3) is 7.36. The first-order valence-corrected chi connectivity index (χ1v) is 6.91. The van der Waals surface area contributed by atoms with E-state index in [1.165, 1.54) is 19.4 Å². The maximum Gasteiger partial charge on any atom is 0.101 e. The van der Waals surface area contributed by atoms with Gasteiger partial charge in [-0.05, 0) is 38.8 Å². The zero-order valence-electron chi connectivity index (χ0n) is 12.0. The van der Waals surface area contributed by atoms with E-state index < -0.39 is 5.54 Å². The monoisotopic (exact) mass is 239 g/mol. The summed E-state index contributed by atoms with van der Waals surface area (Å²) in [7, 11) is 0. The molecule has 0 aliphatic rings. The average Bonchev–Trinajstić information content (AvgIpc) is 2.33. The van der Waals surface area contributed by atoms with Crippen molar-refractivity contribution >= 4 is 0 Å². The van der Waals surface area contributed by atoms with E-state index in [-0.39, 0.29) is 0 Å². The Balaban J connectivity index is 3.95. The quantitative estimate of drug-likeness (QED) is 0.673. The molecule has 0 aliphatic carbocycles. The van der Waals surface area contributed by atoms with Gasteiger partial charge in [0.2, 0.25) is 0 Å². The lowest BCUT2D eigenvalue weighted by Crippen LogP contribution is -2.36.